The van der Waals surface area contributed by atoms with Gasteiger partial charge >= 0.3 is 7.52 Å². The summed E-state index contributed by atoms with van der Waals surface area (Å²) in [6.07, 6.45) is 0. The van der Waals surface area contributed by atoms with Crippen molar-refractivity contribution in [1.29, 1.82) is 0 Å². The van der Waals surface area contributed by atoms with Crippen LogP contribution in [0.3, 0.4) is 0 Å². The Balaban J connectivity index is 1.96. The van der Waals surface area contributed by atoms with Gasteiger partial charge in [0, 0.05) is 11.9 Å². The van der Waals surface area contributed by atoms with E-state index in [1.165, 1.54) is 0 Å². The third-order valence-corrected chi connectivity index (χ3v) is 6.26. The number of para-hydroxylation sites is 2. The number of aliphatic imine (C=N–C) groups is 1. The van der Waals surface area contributed by atoms with Crippen LogP contribution in [0.5, 0.6) is 5.75 Å². The molecule has 23 heavy (non-hydrogen) atoms. The fourth-order valence-electron chi connectivity index (χ4n) is 2.34. The van der Waals surface area contributed by atoms with Crippen molar-refractivity contribution in [3.05, 3.63) is 60.7 Å². The van der Waals surface area contributed by atoms with Crippen molar-refractivity contribution in [2.75, 3.05) is 17.9 Å². The molecule has 2 aromatic rings. The zero-order chi connectivity index (χ0) is 16.3. The molecule has 0 fully saturated rings. The predicted octanol–water partition coefficient (Wildman–Crippen LogP) is 4.89. The molecular weight excluding hydrogens is 327 g/mol. The van der Waals surface area contributed by atoms with E-state index in [0.29, 0.717) is 11.0 Å². The van der Waals surface area contributed by atoms with Crippen LogP contribution < -0.4 is 9.19 Å². The van der Waals surface area contributed by atoms with Crippen molar-refractivity contribution < 1.29 is 9.09 Å². The minimum Gasteiger partial charge on any atom is -0.429 e. The highest BCUT2D eigenvalue weighted by Crippen LogP contribution is 2.52. The molecule has 0 saturated heterocycles. The summed E-state index contributed by atoms with van der Waals surface area (Å²) in [4.78, 5) is 4.55. The molecule has 3 rings (SSSR count). The first-order valence-corrected chi connectivity index (χ1v) is 10.4. The lowest BCUT2D eigenvalue weighted by atomic mass is 10.3. The van der Waals surface area contributed by atoms with Crippen LogP contribution in [0.2, 0.25) is 0 Å². The van der Waals surface area contributed by atoms with Crippen molar-refractivity contribution in [1.82, 2.24) is 0 Å². The lowest BCUT2D eigenvalue weighted by molar-refractivity contribution is 0.489. The van der Waals surface area contributed by atoms with E-state index in [2.05, 4.69) is 11.9 Å². The summed E-state index contributed by atoms with van der Waals surface area (Å²) in [5.74, 6) is 0.593. The van der Waals surface area contributed by atoms with Crippen molar-refractivity contribution in [3.63, 3.8) is 0 Å². The Morgan fingerprint density at radius 3 is 2.30 bits per heavy atom. The Hall–Kier alpha value is -1.71. The smallest absolute Gasteiger partial charge is 0.346 e. The van der Waals surface area contributed by atoms with Gasteiger partial charge in [0.15, 0.2) is 5.17 Å². The molecule has 1 aliphatic heterocycles. The number of hydrogen-bond acceptors (Lipinski definition) is 4. The van der Waals surface area contributed by atoms with Crippen molar-refractivity contribution in [3.8, 4) is 5.75 Å². The molecule has 2 aromatic carbocycles. The van der Waals surface area contributed by atoms with Crippen LogP contribution >= 0.6 is 19.3 Å². The van der Waals surface area contributed by atoms with Crippen molar-refractivity contribution in [2.24, 2.45) is 4.99 Å². The zero-order valence-electron chi connectivity index (χ0n) is 13.1. The molecule has 2 atom stereocenters. The maximum atomic E-state index is 13.4. The van der Waals surface area contributed by atoms with Crippen LogP contribution in [0.1, 0.15) is 6.92 Å². The van der Waals surface area contributed by atoms with Crippen LogP contribution in [-0.2, 0) is 4.57 Å². The maximum Gasteiger partial charge on any atom is 0.346 e. The minimum absolute atomic E-state index is 0.382. The molecule has 1 aliphatic rings. The summed E-state index contributed by atoms with van der Waals surface area (Å²) >= 11 is 1.63. The molecule has 0 saturated carbocycles. The van der Waals surface area contributed by atoms with Gasteiger partial charge in [-0.3, -0.25) is 9.56 Å². The summed E-state index contributed by atoms with van der Waals surface area (Å²) in [7, 11) is -3.14. The number of amidine groups is 1. The van der Waals surface area contributed by atoms with Gasteiger partial charge in [0.1, 0.15) is 5.75 Å². The second kappa shape index (κ2) is 6.81. The monoisotopic (exact) mass is 346 g/mol. The molecule has 0 aliphatic carbocycles. The van der Waals surface area contributed by atoms with Crippen molar-refractivity contribution >= 4 is 30.1 Å². The predicted molar refractivity (Wildman–Crippen MR) is 98.9 cm³/mol. The highest BCUT2D eigenvalue weighted by Gasteiger charge is 2.35. The summed E-state index contributed by atoms with van der Waals surface area (Å²) < 4.78 is 21.0. The summed E-state index contributed by atoms with van der Waals surface area (Å²) in [5.41, 5.74) is 0.828. The number of hydrogen-bond donors (Lipinski definition) is 0. The first kappa shape index (κ1) is 16.2. The number of nitrogens with zero attached hydrogens (tertiary/aromatic N) is 2. The van der Waals surface area contributed by atoms with Gasteiger partial charge in [0.05, 0.1) is 12.2 Å². The molecule has 4 nitrogen and oxygen atoms in total. The molecule has 120 valence electrons. The van der Waals surface area contributed by atoms with Crippen molar-refractivity contribution in [2.45, 2.75) is 12.2 Å². The molecule has 2 unspecified atom stereocenters. The maximum absolute atomic E-state index is 13.4. The average molecular weight is 346 g/mol. The first-order valence-electron chi connectivity index (χ1n) is 7.45. The molecule has 0 bridgehead atoms. The Morgan fingerprint density at radius 1 is 1.13 bits per heavy atom. The van der Waals surface area contributed by atoms with Crippen LogP contribution in [-0.4, -0.2) is 23.6 Å². The largest absolute Gasteiger partial charge is 0.429 e. The highest BCUT2D eigenvalue weighted by molar-refractivity contribution is 8.15. The SMILES string of the molecule is CC1CN=C(N(c2ccccc2)P(C)(=O)Oc2ccccc2)S1. The molecule has 0 radical (unpaired) electrons. The Kier molecular flexibility index (Phi) is 4.79. The Bertz CT molecular complexity index is 737. The van der Waals surface area contributed by atoms with E-state index < -0.39 is 7.52 Å². The molecule has 0 aromatic heterocycles. The van der Waals surface area contributed by atoms with Crippen LogP contribution in [0.25, 0.3) is 0 Å². The van der Waals surface area contributed by atoms with Gasteiger partial charge in [0.2, 0.25) is 0 Å². The summed E-state index contributed by atoms with van der Waals surface area (Å²) in [6, 6.07) is 18.9. The summed E-state index contributed by atoms with van der Waals surface area (Å²) in [6.45, 7) is 4.48. The topological polar surface area (TPSA) is 41.9 Å². The Labute approximate surface area is 141 Å². The second-order valence-corrected chi connectivity index (χ2v) is 9.00. The quantitative estimate of drug-likeness (QED) is 0.740. The summed E-state index contributed by atoms with van der Waals surface area (Å²) in [5, 5.41) is 1.14. The minimum atomic E-state index is -3.14. The molecule has 6 heteroatoms. The number of anilines is 1. The zero-order valence-corrected chi connectivity index (χ0v) is 14.8. The lowest BCUT2D eigenvalue weighted by Crippen LogP contribution is -2.26. The van der Waals surface area contributed by atoms with Gasteiger partial charge in [0.25, 0.3) is 0 Å². The first-order chi connectivity index (χ1) is 11.1. The van der Waals surface area contributed by atoms with E-state index in [9.17, 15) is 4.57 Å². The standard InChI is InChI=1S/C17H19N2O2PS/c1-14-13-18-17(23-14)19(15-9-5-3-6-10-15)22(2,20)21-16-11-7-4-8-12-16/h3-12,14H,13H2,1-2H3. The molecule has 1 heterocycles. The third kappa shape index (κ3) is 3.80. The third-order valence-electron chi connectivity index (χ3n) is 3.35. The lowest BCUT2D eigenvalue weighted by Gasteiger charge is -2.30. The van der Waals surface area contributed by atoms with Gasteiger partial charge in [-0.15, -0.1) is 0 Å². The molecule has 0 spiro atoms. The van der Waals surface area contributed by atoms with E-state index >= 15 is 0 Å². The average Bonchev–Trinajstić information content (AvgIpc) is 2.94. The Morgan fingerprint density at radius 2 is 1.74 bits per heavy atom. The van der Waals surface area contributed by atoms with E-state index in [0.717, 1.165) is 17.4 Å². The van der Waals surface area contributed by atoms with Gasteiger partial charge in [-0.25, -0.2) is 4.67 Å². The van der Waals surface area contributed by atoms with E-state index in [-0.39, 0.29) is 0 Å². The van der Waals surface area contributed by atoms with Crippen LogP contribution in [0.4, 0.5) is 5.69 Å². The fraction of sp³-hybridized carbons (Fsp3) is 0.235. The van der Waals surface area contributed by atoms with Gasteiger partial charge in [-0.05, 0) is 24.3 Å². The van der Waals surface area contributed by atoms with E-state index in [4.69, 9.17) is 4.52 Å². The van der Waals surface area contributed by atoms with E-state index in [1.54, 1.807) is 23.1 Å². The van der Waals surface area contributed by atoms with E-state index in [1.807, 2.05) is 60.7 Å². The number of thioether (sulfide) groups is 1. The molecule has 0 amide bonds. The fourth-order valence-corrected chi connectivity index (χ4v) is 5.31. The normalized spacial score (nSPS) is 19.7. The number of benzene rings is 2. The highest BCUT2D eigenvalue weighted by atomic mass is 32.2. The molecule has 0 N–H and O–H groups in total. The van der Waals surface area contributed by atoms with Gasteiger partial charge in [-0.2, -0.15) is 0 Å². The number of rotatable bonds is 4. The molecular formula is C17H19N2O2PS. The van der Waals surface area contributed by atoms with Gasteiger partial charge in [-0.1, -0.05) is 55.1 Å². The van der Waals surface area contributed by atoms with Gasteiger partial charge < -0.3 is 4.52 Å². The second-order valence-electron chi connectivity index (χ2n) is 5.41. The van der Waals surface area contributed by atoms with Crippen LogP contribution in [0.15, 0.2) is 65.7 Å². The van der Waals surface area contributed by atoms with Crippen LogP contribution in [0, 0.1) is 0 Å².